The van der Waals surface area contributed by atoms with Gasteiger partial charge in [-0.3, -0.25) is 4.79 Å². The Morgan fingerprint density at radius 3 is 2.57 bits per heavy atom. The molecule has 0 atom stereocenters. The number of ether oxygens (including phenoxy) is 2. The average Bonchev–Trinajstić information content (AvgIpc) is 2.93. The van der Waals surface area contributed by atoms with E-state index in [1.165, 1.54) is 6.07 Å². The van der Waals surface area contributed by atoms with Gasteiger partial charge in [0.25, 0.3) is 5.56 Å². The maximum Gasteiger partial charge on any atom is 0.250 e. The molecule has 0 saturated carbocycles. The van der Waals surface area contributed by atoms with Crippen LogP contribution < -0.4 is 11.3 Å². The summed E-state index contributed by atoms with van der Waals surface area (Å²) in [5, 5.41) is 0. The van der Waals surface area contributed by atoms with Gasteiger partial charge in [0.15, 0.2) is 5.79 Å². The van der Waals surface area contributed by atoms with E-state index in [1.54, 1.807) is 16.8 Å². The quantitative estimate of drug-likeness (QED) is 0.883. The van der Waals surface area contributed by atoms with Crippen LogP contribution in [0.5, 0.6) is 0 Å². The first-order valence-electron chi connectivity index (χ1n) is 7.63. The Kier molecular flexibility index (Phi) is 4.28. The molecule has 0 unspecified atom stereocenters. The highest BCUT2D eigenvalue weighted by atomic mass is 16.7. The minimum Gasteiger partial charge on any atom is -0.398 e. The molecule has 6 nitrogen and oxygen atoms in total. The van der Waals surface area contributed by atoms with Gasteiger partial charge in [0, 0.05) is 50.4 Å². The smallest absolute Gasteiger partial charge is 0.250 e. The summed E-state index contributed by atoms with van der Waals surface area (Å²) in [6.45, 7) is 5.12. The Bertz CT molecular complexity index is 527. The van der Waals surface area contributed by atoms with Crippen LogP contribution >= 0.6 is 0 Å². The van der Waals surface area contributed by atoms with Gasteiger partial charge in [0.05, 0.1) is 13.2 Å². The monoisotopic (exact) mass is 293 g/mol. The lowest BCUT2D eigenvalue weighted by Gasteiger charge is -2.37. The number of aromatic nitrogens is 1. The molecule has 1 spiro atoms. The molecular formula is C15H23N3O3. The molecule has 0 bridgehead atoms. The first-order valence-corrected chi connectivity index (χ1v) is 7.63. The lowest BCUT2D eigenvalue weighted by Crippen LogP contribution is -2.45. The van der Waals surface area contributed by atoms with Crippen LogP contribution in [0.25, 0.3) is 0 Å². The van der Waals surface area contributed by atoms with Crippen LogP contribution in [0.3, 0.4) is 0 Å². The van der Waals surface area contributed by atoms with E-state index in [2.05, 4.69) is 4.90 Å². The Labute approximate surface area is 124 Å². The Morgan fingerprint density at radius 2 is 1.86 bits per heavy atom. The van der Waals surface area contributed by atoms with Crippen molar-refractivity contribution in [2.45, 2.75) is 31.6 Å². The predicted octanol–water partition coefficient (Wildman–Crippen LogP) is 0.660. The summed E-state index contributed by atoms with van der Waals surface area (Å²) in [4.78, 5) is 14.1. The van der Waals surface area contributed by atoms with E-state index < -0.39 is 0 Å². The molecule has 21 heavy (non-hydrogen) atoms. The SMILES string of the molecule is Nc1ccc(=O)n(CCCN2CCC3(CC2)OCCO3)c1. The number of piperidine rings is 1. The van der Waals surface area contributed by atoms with Crippen molar-refractivity contribution in [3.8, 4) is 0 Å². The molecule has 116 valence electrons. The maximum absolute atomic E-state index is 11.7. The van der Waals surface area contributed by atoms with Crippen molar-refractivity contribution in [2.75, 3.05) is 38.6 Å². The molecule has 3 heterocycles. The number of aryl methyl sites for hydroxylation is 1. The highest BCUT2D eigenvalue weighted by Crippen LogP contribution is 2.31. The van der Waals surface area contributed by atoms with Gasteiger partial charge < -0.3 is 24.7 Å². The first-order chi connectivity index (χ1) is 10.2. The lowest BCUT2D eigenvalue weighted by atomic mass is 10.0. The van der Waals surface area contributed by atoms with Gasteiger partial charge in [-0.05, 0) is 19.0 Å². The van der Waals surface area contributed by atoms with Gasteiger partial charge in [0.2, 0.25) is 0 Å². The standard InChI is InChI=1S/C15H23N3O3/c16-13-2-3-14(19)18(12-13)7-1-6-17-8-4-15(5-9-17)20-10-11-21-15/h2-3,12H,1,4-11,16H2. The first kappa shape index (κ1) is 14.6. The number of rotatable bonds is 4. The topological polar surface area (TPSA) is 69.7 Å². The van der Waals surface area contributed by atoms with Crippen LogP contribution in [0.1, 0.15) is 19.3 Å². The van der Waals surface area contributed by atoms with E-state index in [-0.39, 0.29) is 11.3 Å². The molecule has 6 heteroatoms. The van der Waals surface area contributed by atoms with Crippen molar-refractivity contribution in [3.63, 3.8) is 0 Å². The molecule has 0 radical (unpaired) electrons. The second-order valence-electron chi connectivity index (χ2n) is 5.80. The third-order valence-electron chi connectivity index (χ3n) is 4.31. The number of hydrogen-bond acceptors (Lipinski definition) is 5. The van der Waals surface area contributed by atoms with E-state index in [4.69, 9.17) is 15.2 Å². The van der Waals surface area contributed by atoms with Crippen molar-refractivity contribution in [3.05, 3.63) is 28.7 Å². The summed E-state index contributed by atoms with van der Waals surface area (Å²) in [5.74, 6) is -0.304. The summed E-state index contributed by atoms with van der Waals surface area (Å²) in [6, 6.07) is 3.17. The molecule has 1 aromatic rings. The van der Waals surface area contributed by atoms with Gasteiger partial charge in [0.1, 0.15) is 0 Å². The summed E-state index contributed by atoms with van der Waals surface area (Å²) in [5.41, 5.74) is 6.35. The zero-order chi connectivity index (χ0) is 14.7. The number of pyridine rings is 1. The molecule has 2 aliphatic rings. The number of hydrogen-bond donors (Lipinski definition) is 1. The zero-order valence-electron chi connectivity index (χ0n) is 12.3. The predicted molar refractivity (Wildman–Crippen MR) is 80.0 cm³/mol. The minimum atomic E-state index is -0.304. The molecule has 0 amide bonds. The van der Waals surface area contributed by atoms with Crippen LogP contribution in [0.15, 0.2) is 23.1 Å². The van der Waals surface area contributed by atoms with Gasteiger partial charge in [-0.2, -0.15) is 0 Å². The normalized spacial score (nSPS) is 21.9. The van der Waals surface area contributed by atoms with E-state index in [0.717, 1.165) is 52.1 Å². The minimum absolute atomic E-state index is 0.00885. The van der Waals surface area contributed by atoms with Crippen LogP contribution in [0.4, 0.5) is 5.69 Å². The van der Waals surface area contributed by atoms with E-state index in [9.17, 15) is 4.79 Å². The molecular weight excluding hydrogens is 270 g/mol. The largest absolute Gasteiger partial charge is 0.398 e. The molecule has 0 aromatic carbocycles. The van der Waals surface area contributed by atoms with Gasteiger partial charge in [-0.25, -0.2) is 0 Å². The van der Waals surface area contributed by atoms with Crippen molar-refractivity contribution >= 4 is 5.69 Å². The van der Waals surface area contributed by atoms with Crippen molar-refractivity contribution in [1.82, 2.24) is 9.47 Å². The van der Waals surface area contributed by atoms with Crippen LogP contribution in [-0.2, 0) is 16.0 Å². The summed E-state index contributed by atoms with van der Waals surface area (Å²) in [6.07, 6.45) is 4.53. The fraction of sp³-hybridized carbons (Fsp3) is 0.667. The number of nitrogen functional groups attached to an aromatic ring is 1. The molecule has 3 rings (SSSR count). The zero-order valence-corrected chi connectivity index (χ0v) is 12.3. The van der Waals surface area contributed by atoms with Crippen molar-refractivity contribution in [1.29, 1.82) is 0 Å². The lowest BCUT2D eigenvalue weighted by molar-refractivity contribution is -0.185. The number of nitrogens with two attached hydrogens (primary N) is 1. The average molecular weight is 293 g/mol. The highest BCUT2D eigenvalue weighted by Gasteiger charge is 2.39. The fourth-order valence-electron chi connectivity index (χ4n) is 3.09. The van der Waals surface area contributed by atoms with E-state index in [1.807, 2.05) is 0 Å². The summed E-state index contributed by atoms with van der Waals surface area (Å²) in [7, 11) is 0. The summed E-state index contributed by atoms with van der Waals surface area (Å²) < 4.78 is 13.1. The Morgan fingerprint density at radius 1 is 1.14 bits per heavy atom. The second kappa shape index (κ2) is 6.17. The number of nitrogens with zero attached hydrogens (tertiary/aromatic N) is 2. The summed E-state index contributed by atoms with van der Waals surface area (Å²) >= 11 is 0. The van der Waals surface area contributed by atoms with Crippen molar-refractivity contribution < 1.29 is 9.47 Å². The van der Waals surface area contributed by atoms with E-state index in [0.29, 0.717) is 12.2 Å². The van der Waals surface area contributed by atoms with Crippen LogP contribution in [-0.4, -0.2) is 48.1 Å². The van der Waals surface area contributed by atoms with Gasteiger partial charge in [-0.1, -0.05) is 0 Å². The second-order valence-corrected chi connectivity index (χ2v) is 5.80. The molecule has 0 aliphatic carbocycles. The fourth-order valence-corrected chi connectivity index (χ4v) is 3.09. The molecule has 2 saturated heterocycles. The van der Waals surface area contributed by atoms with Crippen LogP contribution in [0, 0.1) is 0 Å². The molecule has 2 N–H and O–H groups in total. The number of anilines is 1. The number of likely N-dealkylation sites (tertiary alicyclic amines) is 1. The maximum atomic E-state index is 11.7. The third-order valence-corrected chi connectivity index (χ3v) is 4.31. The Balaban J connectivity index is 1.44. The van der Waals surface area contributed by atoms with Crippen LogP contribution in [0.2, 0.25) is 0 Å². The highest BCUT2D eigenvalue weighted by molar-refractivity contribution is 5.33. The third kappa shape index (κ3) is 3.45. The van der Waals surface area contributed by atoms with Gasteiger partial charge >= 0.3 is 0 Å². The Hall–Kier alpha value is -1.37. The van der Waals surface area contributed by atoms with Crippen molar-refractivity contribution in [2.24, 2.45) is 0 Å². The molecule has 2 fully saturated rings. The molecule has 2 aliphatic heterocycles. The molecule has 1 aromatic heterocycles. The van der Waals surface area contributed by atoms with Gasteiger partial charge in [-0.15, -0.1) is 0 Å². The van der Waals surface area contributed by atoms with E-state index >= 15 is 0 Å².